The summed E-state index contributed by atoms with van der Waals surface area (Å²) < 4.78 is 9.44. The number of nitrogens with zero attached hydrogens (tertiary/aromatic N) is 4. The molecule has 0 fully saturated rings. The maximum Gasteiger partial charge on any atom is 0.252 e. The van der Waals surface area contributed by atoms with Gasteiger partial charge in [-0.25, -0.2) is 0 Å². The van der Waals surface area contributed by atoms with Gasteiger partial charge in [0.15, 0.2) is 0 Å². The molecule has 6 heteroatoms. The molecule has 0 N–H and O–H groups in total. The zero-order chi connectivity index (χ0) is 61.4. The van der Waals surface area contributed by atoms with Crippen LogP contribution < -0.4 is 31.1 Å². The molecule has 13 aromatic rings. The van der Waals surface area contributed by atoms with Crippen LogP contribution in [0.4, 0.5) is 51.2 Å². The van der Waals surface area contributed by atoms with E-state index in [4.69, 9.17) is 4.42 Å². The molecular formula is C83H75BN4O. The summed E-state index contributed by atoms with van der Waals surface area (Å²) >= 11 is 0. The third-order valence-electron chi connectivity index (χ3n) is 18.9. The first-order chi connectivity index (χ1) is 42.8. The van der Waals surface area contributed by atoms with Gasteiger partial charge in [0.2, 0.25) is 0 Å². The number of rotatable bonds is 8. The number of para-hydroxylation sites is 3. The van der Waals surface area contributed by atoms with E-state index in [1.165, 1.54) is 72.0 Å². The summed E-state index contributed by atoms with van der Waals surface area (Å²) in [6.07, 6.45) is 0. The van der Waals surface area contributed by atoms with Crippen LogP contribution in [-0.2, 0) is 16.2 Å². The van der Waals surface area contributed by atoms with Crippen LogP contribution >= 0.6 is 0 Å². The Morgan fingerprint density at radius 2 is 0.876 bits per heavy atom. The molecule has 0 aliphatic carbocycles. The highest BCUT2D eigenvalue weighted by Gasteiger charge is 2.44. The van der Waals surface area contributed by atoms with Crippen LogP contribution in [0.15, 0.2) is 241 Å². The first-order valence-electron chi connectivity index (χ1n) is 31.6. The molecule has 11 aromatic carbocycles. The van der Waals surface area contributed by atoms with E-state index in [-0.39, 0.29) is 23.0 Å². The van der Waals surface area contributed by atoms with E-state index in [0.29, 0.717) is 0 Å². The highest BCUT2D eigenvalue weighted by Crippen LogP contribution is 2.51. The van der Waals surface area contributed by atoms with Gasteiger partial charge in [-0.15, -0.1) is 0 Å². The molecule has 436 valence electrons. The number of furan rings is 1. The van der Waals surface area contributed by atoms with Gasteiger partial charge in [0.05, 0.1) is 11.0 Å². The topological polar surface area (TPSA) is 27.8 Å². The van der Waals surface area contributed by atoms with Crippen molar-refractivity contribution in [2.24, 2.45) is 0 Å². The fourth-order valence-electron chi connectivity index (χ4n) is 14.4. The maximum absolute atomic E-state index is 7.01. The highest BCUT2D eigenvalue weighted by molar-refractivity contribution is 7.00. The lowest BCUT2D eigenvalue weighted by Gasteiger charge is -2.45. The zero-order valence-corrected chi connectivity index (χ0v) is 53.3. The van der Waals surface area contributed by atoms with Gasteiger partial charge in [-0.1, -0.05) is 196 Å². The van der Waals surface area contributed by atoms with Crippen LogP contribution in [0.2, 0.25) is 0 Å². The van der Waals surface area contributed by atoms with E-state index in [2.05, 4.69) is 339 Å². The summed E-state index contributed by atoms with van der Waals surface area (Å²) in [7, 11) is 0. The van der Waals surface area contributed by atoms with Gasteiger partial charge in [0.25, 0.3) is 6.71 Å². The molecule has 0 spiro atoms. The number of fused-ring (bicyclic) bond motifs is 8. The number of benzene rings is 11. The zero-order valence-electron chi connectivity index (χ0n) is 53.3. The van der Waals surface area contributed by atoms with Gasteiger partial charge >= 0.3 is 0 Å². The van der Waals surface area contributed by atoms with E-state index in [1.807, 2.05) is 0 Å². The van der Waals surface area contributed by atoms with Gasteiger partial charge in [-0.05, 0) is 195 Å². The van der Waals surface area contributed by atoms with E-state index in [9.17, 15) is 0 Å². The van der Waals surface area contributed by atoms with Crippen molar-refractivity contribution in [2.45, 2.75) is 99.3 Å². The van der Waals surface area contributed by atoms with Crippen molar-refractivity contribution in [1.82, 2.24) is 4.57 Å². The number of anilines is 9. The Morgan fingerprint density at radius 3 is 1.53 bits per heavy atom. The maximum atomic E-state index is 7.01. The Balaban J connectivity index is 0.999. The predicted molar refractivity (Wildman–Crippen MR) is 380 cm³/mol. The molecule has 15 rings (SSSR count). The Bertz CT molecular complexity index is 4910. The number of aryl methyl sites for hydroxylation is 3. The summed E-state index contributed by atoms with van der Waals surface area (Å²) in [5, 5.41) is 3.55. The van der Waals surface area contributed by atoms with Crippen molar-refractivity contribution >= 4 is 107 Å². The fourth-order valence-corrected chi connectivity index (χ4v) is 14.4. The van der Waals surface area contributed by atoms with Crippen molar-refractivity contribution in [3.63, 3.8) is 0 Å². The molecule has 0 saturated heterocycles. The largest absolute Gasteiger partial charge is 0.455 e. The van der Waals surface area contributed by atoms with Crippen LogP contribution in [0, 0.1) is 20.8 Å². The van der Waals surface area contributed by atoms with Crippen molar-refractivity contribution in [2.75, 3.05) is 14.7 Å². The lowest BCUT2D eigenvalue weighted by molar-refractivity contribution is 0.590. The average Bonchev–Trinajstić information content (AvgIpc) is 1.48. The van der Waals surface area contributed by atoms with Crippen molar-refractivity contribution in [3.05, 3.63) is 270 Å². The molecule has 0 saturated carbocycles. The van der Waals surface area contributed by atoms with Crippen molar-refractivity contribution in [3.8, 4) is 28.1 Å². The normalized spacial score (nSPS) is 13.1. The third kappa shape index (κ3) is 9.29. The Morgan fingerprint density at radius 1 is 0.371 bits per heavy atom. The lowest BCUT2D eigenvalue weighted by atomic mass is 9.33. The van der Waals surface area contributed by atoms with Crippen LogP contribution in [0.25, 0.3) is 60.9 Å². The quantitative estimate of drug-likeness (QED) is 0.142. The minimum absolute atomic E-state index is 0.00803. The number of hydrogen-bond acceptors (Lipinski definition) is 4. The molecule has 0 amide bonds. The second-order valence-corrected chi connectivity index (χ2v) is 28.0. The average molecular weight is 1160 g/mol. The molecule has 2 aliphatic rings. The third-order valence-corrected chi connectivity index (χ3v) is 18.9. The Kier molecular flexibility index (Phi) is 13.0. The van der Waals surface area contributed by atoms with Crippen LogP contribution in [0.3, 0.4) is 0 Å². The second-order valence-electron chi connectivity index (χ2n) is 28.0. The summed E-state index contributed by atoms with van der Waals surface area (Å²) in [6.45, 7) is 27.5. The fraction of sp³-hybridized carbons (Fsp3) is 0.181. The van der Waals surface area contributed by atoms with E-state index < -0.39 is 0 Å². The van der Waals surface area contributed by atoms with Crippen LogP contribution in [-0.4, -0.2) is 11.3 Å². The molecule has 0 unspecified atom stereocenters. The molecule has 0 bridgehead atoms. The monoisotopic (exact) mass is 1150 g/mol. The van der Waals surface area contributed by atoms with E-state index >= 15 is 0 Å². The first kappa shape index (κ1) is 55.8. The lowest BCUT2D eigenvalue weighted by Crippen LogP contribution is -2.61. The summed E-state index contributed by atoms with van der Waals surface area (Å²) in [6, 6.07) is 88.9. The summed E-state index contributed by atoms with van der Waals surface area (Å²) in [5.74, 6) is 0.893. The summed E-state index contributed by atoms with van der Waals surface area (Å²) in [5.41, 5.74) is 29.0. The molecule has 2 aromatic heterocycles. The Labute approximate surface area is 525 Å². The van der Waals surface area contributed by atoms with Gasteiger partial charge in [0.1, 0.15) is 11.3 Å². The van der Waals surface area contributed by atoms with Crippen LogP contribution in [0.5, 0.6) is 0 Å². The molecule has 4 heterocycles. The molecular weight excluding hydrogens is 1080 g/mol. The molecule has 2 aliphatic heterocycles. The van der Waals surface area contributed by atoms with Crippen molar-refractivity contribution in [1.29, 1.82) is 0 Å². The minimum Gasteiger partial charge on any atom is -0.455 e. The van der Waals surface area contributed by atoms with Gasteiger partial charge < -0.3 is 23.7 Å². The van der Waals surface area contributed by atoms with Gasteiger partial charge in [0, 0.05) is 84.2 Å². The second kappa shape index (κ2) is 20.7. The standard InChI is InChI=1S/C83H75BN4O/c1-52-45-74-79-75(46-52)88(64-47-53(2)77(54(3)48-64)80-78(55-23-15-13-16-24-55)67-28-20-22-30-76(67)89-80)73-51-63(41-44-69(73)84(79)68-43-35-58(83(10,11)12)49-72(68)87(74)61-38-33-57(34-39-61)82(7,8)9)85(60-36-31-56(32-37-60)81(4,5)6)62-40-42-66-65-27-19-21-29-70(65)86(71(66)50-62)59-25-17-14-18-26-59/h13-51H,1-12H3. The Hall–Kier alpha value is -9.78. The number of aromatic nitrogens is 1. The predicted octanol–water partition coefficient (Wildman–Crippen LogP) is 21.2. The SMILES string of the molecule is Cc1cc2c3c(c1)N(c1ccc(C(C)(C)C)cc1)c1cc(C(C)(C)C)ccc1B3c1ccc(N(c3ccc(C(C)(C)C)cc3)c3ccc4c5ccccc5n(-c5ccccc5)c4c3)cc1N2c1cc(C)c(-c2oc3ccccc3c2-c2ccccc2)c(C)c1. The van der Waals surface area contributed by atoms with Crippen LogP contribution in [0.1, 0.15) is 95.7 Å². The number of hydrogen-bond donors (Lipinski definition) is 0. The molecule has 0 radical (unpaired) electrons. The van der Waals surface area contributed by atoms with E-state index in [0.717, 1.165) is 89.9 Å². The molecule has 0 atom stereocenters. The smallest absolute Gasteiger partial charge is 0.252 e. The van der Waals surface area contributed by atoms with Gasteiger partial charge in [-0.3, -0.25) is 0 Å². The molecule has 5 nitrogen and oxygen atoms in total. The highest BCUT2D eigenvalue weighted by atomic mass is 16.3. The van der Waals surface area contributed by atoms with Gasteiger partial charge in [-0.2, -0.15) is 0 Å². The van der Waals surface area contributed by atoms with Crippen molar-refractivity contribution < 1.29 is 4.42 Å². The van der Waals surface area contributed by atoms with E-state index in [1.54, 1.807) is 0 Å². The minimum atomic E-state index is -0.0853. The molecule has 89 heavy (non-hydrogen) atoms. The summed E-state index contributed by atoms with van der Waals surface area (Å²) in [4.78, 5) is 7.64. The first-order valence-corrected chi connectivity index (χ1v) is 31.6.